The molecule has 0 aliphatic heterocycles. The average molecular weight is 248 g/mol. The molecule has 2 rings (SSSR count). The van der Waals surface area contributed by atoms with Gasteiger partial charge in [-0.2, -0.15) is 0 Å². The summed E-state index contributed by atoms with van der Waals surface area (Å²) in [5, 5.41) is 8.67. The van der Waals surface area contributed by atoms with Crippen molar-refractivity contribution in [2.45, 2.75) is 6.42 Å². The molecule has 4 heteroatoms. The van der Waals surface area contributed by atoms with Gasteiger partial charge in [-0.3, -0.25) is 4.79 Å². The smallest absolute Gasteiger partial charge is 0.307 e. The zero-order valence-corrected chi connectivity index (χ0v) is 9.36. The molecule has 0 radical (unpaired) electrons. The Bertz CT molecular complexity index is 580. The maximum Gasteiger partial charge on any atom is 0.307 e. The van der Waals surface area contributed by atoms with Crippen LogP contribution in [-0.2, 0) is 11.2 Å². The highest BCUT2D eigenvalue weighted by atomic mass is 19.2. The Morgan fingerprint density at radius 1 is 1.11 bits per heavy atom. The molecule has 2 aromatic rings. The van der Waals surface area contributed by atoms with Gasteiger partial charge in [-0.15, -0.1) is 0 Å². The first-order chi connectivity index (χ1) is 8.58. The molecule has 0 fully saturated rings. The first kappa shape index (κ1) is 12.2. The molecule has 0 aliphatic carbocycles. The van der Waals surface area contributed by atoms with Crippen molar-refractivity contribution in [3.63, 3.8) is 0 Å². The highest BCUT2D eigenvalue weighted by Gasteiger charge is 2.13. The quantitative estimate of drug-likeness (QED) is 0.905. The van der Waals surface area contributed by atoms with Gasteiger partial charge < -0.3 is 5.11 Å². The molecule has 2 aromatic carbocycles. The van der Waals surface area contributed by atoms with E-state index in [-0.39, 0.29) is 17.5 Å². The molecule has 0 aliphatic rings. The third kappa shape index (κ3) is 2.53. The van der Waals surface area contributed by atoms with Crippen molar-refractivity contribution in [2.24, 2.45) is 0 Å². The number of halogens is 2. The van der Waals surface area contributed by atoms with Crippen molar-refractivity contribution < 1.29 is 18.7 Å². The van der Waals surface area contributed by atoms with Crippen molar-refractivity contribution in [2.75, 3.05) is 0 Å². The number of carbonyl (C=O) groups is 1. The Morgan fingerprint density at radius 3 is 2.39 bits per heavy atom. The second-order valence-electron chi connectivity index (χ2n) is 3.88. The first-order valence-corrected chi connectivity index (χ1v) is 5.33. The Hall–Kier alpha value is -2.23. The summed E-state index contributed by atoms with van der Waals surface area (Å²) >= 11 is 0. The third-order valence-electron chi connectivity index (χ3n) is 2.53. The van der Waals surface area contributed by atoms with E-state index in [1.54, 1.807) is 30.3 Å². The van der Waals surface area contributed by atoms with Gasteiger partial charge in [0.05, 0.1) is 6.42 Å². The zero-order valence-electron chi connectivity index (χ0n) is 9.36. The van der Waals surface area contributed by atoms with E-state index in [4.69, 9.17) is 5.11 Å². The zero-order chi connectivity index (χ0) is 13.1. The summed E-state index contributed by atoms with van der Waals surface area (Å²) in [5.41, 5.74) is 0.827. The normalized spacial score (nSPS) is 10.3. The highest BCUT2D eigenvalue weighted by Crippen LogP contribution is 2.26. The second kappa shape index (κ2) is 4.96. The molecule has 92 valence electrons. The lowest BCUT2D eigenvalue weighted by Crippen LogP contribution is -2.02. The number of benzene rings is 2. The van der Waals surface area contributed by atoms with Crippen LogP contribution in [-0.4, -0.2) is 11.1 Å². The minimum atomic E-state index is -1.08. The van der Waals surface area contributed by atoms with Gasteiger partial charge >= 0.3 is 5.97 Å². The number of hydrogen-bond donors (Lipinski definition) is 1. The molecular weight excluding hydrogens is 238 g/mol. The van der Waals surface area contributed by atoms with E-state index in [1.165, 1.54) is 6.07 Å². The number of carboxylic acid groups (broad SMARTS) is 1. The fourth-order valence-electron chi connectivity index (χ4n) is 1.75. The van der Waals surface area contributed by atoms with Crippen molar-refractivity contribution >= 4 is 5.97 Å². The fraction of sp³-hybridized carbons (Fsp3) is 0.0714. The van der Waals surface area contributed by atoms with Crippen LogP contribution in [0.5, 0.6) is 0 Å². The van der Waals surface area contributed by atoms with Crippen LogP contribution >= 0.6 is 0 Å². The van der Waals surface area contributed by atoms with Gasteiger partial charge in [-0.25, -0.2) is 8.78 Å². The highest BCUT2D eigenvalue weighted by molar-refractivity contribution is 5.72. The summed E-state index contributed by atoms with van der Waals surface area (Å²) in [6.45, 7) is 0. The summed E-state index contributed by atoms with van der Waals surface area (Å²) in [5.74, 6) is -3.08. The molecule has 2 nitrogen and oxygen atoms in total. The molecule has 0 atom stereocenters. The summed E-state index contributed by atoms with van der Waals surface area (Å²) in [7, 11) is 0. The van der Waals surface area contributed by atoms with Gasteiger partial charge in [0.1, 0.15) is 0 Å². The SMILES string of the molecule is O=C(O)Cc1cc(F)c(F)c(-c2ccccc2)c1. The Balaban J connectivity index is 2.53. The molecule has 18 heavy (non-hydrogen) atoms. The van der Waals surface area contributed by atoms with Crippen molar-refractivity contribution in [3.8, 4) is 11.1 Å². The van der Waals surface area contributed by atoms with Crippen LogP contribution in [0.2, 0.25) is 0 Å². The van der Waals surface area contributed by atoms with Crippen LogP contribution in [0.3, 0.4) is 0 Å². The van der Waals surface area contributed by atoms with Crippen LogP contribution in [0.4, 0.5) is 8.78 Å². The van der Waals surface area contributed by atoms with Crippen LogP contribution < -0.4 is 0 Å². The fourth-order valence-corrected chi connectivity index (χ4v) is 1.75. The van der Waals surface area contributed by atoms with Crippen LogP contribution in [0.15, 0.2) is 42.5 Å². The van der Waals surface area contributed by atoms with Crippen molar-refractivity contribution in [3.05, 3.63) is 59.7 Å². The Kier molecular flexibility index (Phi) is 3.37. The monoisotopic (exact) mass is 248 g/mol. The second-order valence-corrected chi connectivity index (χ2v) is 3.88. The van der Waals surface area contributed by atoms with Crippen LogP contribution in [0, 0.1) is 11.6 Å². The lowest BCUT2D eigenvalue weighted by molar-refractivity contribution is -0.136. The van der Waals surface area contributed by atoms with Gasteiger partial charge in [-0.1, -0.05) is 30.3 Å². The van der Waals surface area contributed by atoms with E-state index >= 15 is 0 Å². The van der Waals surface area contributed by atoms with E-state index in [2.05, 4.69) is 0 Å². The topological polar surface area (TPSA) is 37.3 Å². The number of carboxylic acids is 1. The van der Waals surface area contributed by atoms with E-state index < -0.39 is 17.6 Å². The summed E-state index contributed by atoms with van der Waals surface area (Å²) < 4.78 is 27.1. The molecule has 1 N–H and O–H groups in total. The summed E-state index contributed by atoms with van der Waals surface area (Å²) in [4.78, 5) is 10.6. The van der Waals surface area contributed by atoms with Gasteiger partial charge in [0.25, 0.3) is 0 Å². The van der Waals surface area contributed by atoms with E-state index in [0.29, 0.717) is 5.56 Å². The molecule has 0 heterocycles. The van der Waals surface area contributed by atoms with Gasteiger partial charge in [0, 0.05) is 5.56 Å². The van der Waals surface area contributed by atoms with E-state index in [1.807, 2.05) is 0 Å². The average Bonchev–Trinajstić information content (AvgIpc) is 2.34. The summed E-state index contributed by atoms with van der Waals surface area (Å²) in [6, 6.07) is 10.7. The third-order valence-corrected chi connectivity index (χ3v) is 2.53. The van der Waals surface area contributed by atoms with E-state index in [9.17, 15) is 13.6 Å². The molecule has 0 unspecified atom stereocenters. The minimum absolute atomic E-state index is 0.0758. The summed E-state index contributed by atoms with van der Waals surface area (Å²) in [6.07, 6.45) is -0.336. The maximum atomic E-state index is 13.7. The lowest BCUT2D eigenvalue weighted by Gasteiger charge is -2.07. The standard InChI is InChI=1S/C14H10F2O2/c15-12-7-9(8-13(17)18)6-11(14(12)16)10-4-2-1-3-5-10/h1-7H,8H2,(H,17,18). The van der Waals surface area contributed by atoms with E-state index in [0.717, 1.165) is 6.07 Å². The van der Waals surface area contributed by atoms with Crippen LogP contribution in [0.1, 0.15) is 5.56 Å². The van der Waals surface area contributed by atoms with Crippen LogP contribution in [0.25, 0.3) is 11.1 Å². The lowest BCUT2D eigenvalue weighted by atomic mass is 10.0. The predicted octanol–water partition coefficient (Wildman–Crippen LogP) is 3.26. The largest absolute Gasteiger partial charge is 0.481 e. The molecule has 0 saturated carbocycles. The Morgan fingerprint density at radius 2 is 1.78 bits per heavy atom. The number of aliphatic carboxylic acids is 1. The molecule has 0 saturated heterocycles. The maximum absolute atomic E-state index is 13.7. The molecule has 0 bridgehead atoms. The first-order valence-electron chi connectivity index (χ1n) is 5.33. The van der Waals surface area contributed by atoms with Gasteiger partial charge in [0.15, 0.2) is 11.6 Å². The molecule has 0 amide bonds. The number of rotatable bonds is 3. The number of hydrogen-bond acceptors (Lipinski definition) is 1. The minimum Gasteiger partial charge on any atom is -0.481 e. The molecular formula is C14H10F2O2. The van der Waals surface area contributed by atoms with Gasteiger partial charge in [-0.05, 0) is 23.3 Å². The molecule has 0 aromatic heterocycles. The molecule has 0 spiro atoms. The predicted molar refractivity (Wildman–Crippen MR) is 63.1 cm³/mol. The van der Waals surface area contributed by atoms with Crippen molar-refractivity contribution in [1.29, 1.82) is 0 Å². The Labute approximate surface area is 103 Å². The van der Waals surface area contributed by atoms with Gasteiger partial charge in [0.2, 0.25) is 0 Å². The van der Waals surface area contributed by atoms with Crippen molar-refractivity contribution in [1.82, 2.24) is 0 Å².